The van der Waals surface area contributed by atoms with Crippen molar-refractivity contribution >= 4 is 5.97 Å². The molecule has 2 aromatic rings. The van der Waals surface area contributed by atoms with Gasteiger partial charge in [-0.3, -0.25) is 14.6 Å². The van der Waals surface area contributed by atoms with E-state index in [2.05, 4.69) is 63.9 Å². The van der Waals surface area contributed by atoms with Crippen molar-refractivity contribution in [2.24, 2.45) is 0 Å². The van der Waals surface area contributed by atoms with E-state index in [1.165, 1.54) is 16.8 Å². The molecule has 1 aliphatic rings. The summed E-state index contributed by atoms with van der Waals surface area (Å²) in [5.74, 6) is -0.156. The van der Waals surface area contributed by atoms with Gasteiger partial charge in [0.05, 0.1) is 19.8 Å². The fourth-order valence-electron chi connectivity index (χ4n) is 3.88. The van der Waals surface area contributed by atoms with E-state index in [9.17, 15) is 4.79 Å². The highest BCUT2D eigenvalue weighted by Gasteiger charge is 2.24. The monoisotopic (exact) mass is 413 g/mol. The number of hydrogen-bond donors (Lipinski definition) is 0. The number of esters is 1. The first kappa shape index (κ1) is 22.5. The number of morpholine rings is 1. The summed E-state index contributed by atoms with van der Waals surface area (Å²) in [6.45, 7) is 13.1. The normalized spacial score (nSPS) is 16.0. The molecule has 1 saturated heterocycles. The van der Waals surface area contributed by atoms with Gasteiger partial charge in [0.15, 0.2) is 0 Å². The molecule has 0 radical (unpaired) electrons. The smallest absolute Gasteiger partial charge is 0.323 e. The van der Waals surface area contributed by atoms with Gasteiger partial charge in [0.25, 0.3) is 0 Å². The van der Waals surface area contributed by atoms with E-state index in [4.69, 9.17) is 9.47 Å². The number of nitrogens with zero attached hydrogens (tertiary/aromatic N) is 3. The Kier molecular flexibility index (Phi) is 8.49. The van der Waals surface area contributed by atoms with E-state index in [1.54, 1.807) is 0 Å². The second kappa shape index (κ2) is 11.3. The molecule has 1 aromatic carbocycles. The average Bonchev–Trinajstić information content (AvgIpc) is 3.18. The Labute approximate surface area is 180 Å². The van der Waals surface area contributed by atoms with Gasteiger partial charge in [-0.2, -0.15) is 0 Å². The molecule has 6 nitrogen and oxygen atoms in total. The van der Waals surface area contributed by atoms with Gasteiger partial charge in [-0.25, -0.2) is 0 Å². The Morgan fingerprint density at radius 2 is 2.03 bits per heavy atom. The van der Waals surface area contributed by atoms with E-state index < -0.39 is 0 Å². The predicted octanol–water partition coefficient (Wildman–Crippen LogP) is 2.93. The number of hydrogen-bond acceptors (Lipinski definition) is 5. The van der Waals surface area contributed by atoms with Crippen LogP contribution < -0.4 is 0 Å². The van der Waals surface area contributed by atoms with Crippen LogP contribution in [0, 0.1) is 6.92 Å². The zero-order valence-electron chi connectivity index (χ0n) is 18.5. The van der Waals surface area contributed by atoms with Gasteiger partial charge in [0, 0.05) is 51.2 Å². The van der Waals surface area contributed by atoms with Crippen LogP contribution >= 0.6 is 0 Å². The van der Waals surface area contributed by atoms with Crippen molar-refractivity contribution in [1.29, 1.82) is 0 Å². The number of rotatable bonds is 10. The van der Waals surface area contributed by atoms with Crippen molar-refractivity contribution < 1.29 is 14.3 Å². The van der Waals surface area contributed by atoms with Crippen molar-refractivity contribution in [2.75, 3.05) is 46.0 Å². The first-order valence-electron chi connectivity index (χ1n) is 11.0. The topological polar surface area (TPSA) is 46.9 Å². The van der Waals surface area contributed by atoms with Gasteiger partial charge in [-0.15, -0.1) is 0 Å². The number of carbonyl (C=O) groups excluding carboxylic acids is 1. The minimum Gasteiger partial charge on any atom is -0.465 e. The third-order valence-electron chi connectivity index (χ3n) is 5.71. The van der Waals surface area contributed by atoms with Crippen LogP contribution in [-0.2, 0) is 27.4 Å². The van der Waals surface area contributed by atoms with Crippen LogP contribution in [0.15, 0.2) is 42.6 Å². The first-order valence-corrected chi connectivity index (χ1v) is 11.0. The van der Waals surface area contributed by atoms with E-state index >= 15 is 0 Å². The zero-order valence-corrected chi connectivity index (χ0v) is 18.5. The van der Waals surface area contributed by atoms with E-state index in [0.29, 0.717) is 13.2 Å². The Balaban J connectivity index is 1.70. The molecule has 0 spiro atoms. The number of aryl methyl sites for hydroxylation is 1. The maximum Gasteiger partial charge on any atom is 0.323 e. The highest BCUT2D eigenvalue weighted by atomic mass is 16.5. The van der Waals surface area contributed by atoms with Crippen molar-refractivity contribution in [3.63, 3.8) is 0 Å². The quantitative estimate of drug-likeness (QED) is 0.561. The predicted molar refractivity (Wildman–Crippen MR) is 118 cm³/mol. The number of carbonyl (C=O) groups is 1. The Hall–Kier alpha value is -2.15. The van der Waals surface area contributed by atoms with Gasteiger partial charge in [-0.05, 0) is 38.5 Å². The lowest BCUT2D eigenvalue weighted by atomic mass is 10.1. The minimum absolute atomic E-state index is 0.156. The molecule has 0 unspecified atom stereocenters. The molecule has 3 rings (SSSR count). The molecule has 2 heterocycles. The van der Waals surface area contributed by atoms with Gasteiger partial charge < -0.3 is 14.0 Å². The molecule has 0 N–H and O–H groups in total. The summed E-state index contributed by atoms with van der Waals surface area (Å²) < 4.78 is 13.0. The summed E-state index contributed by atoms with van der Waals surface area (Å²) in [5.41, 5.74) is 3.75. The molecule has 164 valence electrons. The fraction of sp³-hybridized carbons (Fsp3) is 0.542. The third-order valence-corrected chi connectivity index (χ3v) is 5.71. The fourth-order valence-corrected chi connectivity index (χ4v) is 3.88. The van der Waals surface area contributed by atoms with Crippen LogP contribution in [0.5, 0.6) is 0 Å². The second-order valence-electron chi connectivity index (χ2n) is 7.97. The van der Waals surface area contributed by atoms with Crippen molar-refractivity contribution in [2.45, 2.75) is 39.9 Å². The lowest BCUT2D eigenvalue weighted by molar-refractivity contribution is -0.149. The Morgan fingerprint density at radius 1 is 1.23 bits per heavy atom. The van der Waals surface area contributed by atoms with E-state index in [0.717, 1.165) is 45.9 Å². The third kappa shape index (κ3) is 6.42. The largest absolute Gasteiger partial charge is 0.465 e. The van der Waals surface area contributed by atoms with Crippen LogP contribution in [0.4, 0.5) is 0 Å². The summed E-state index contributed by atoms with van der Waals surface area (Å²) in [4.78, 5) is 17.1. The Morgan fingerprint density at radius 3 is 2.77 bits per heavy atom. The molecule has 30 heavy (non-hydrogen) atoms. The molecule has 0 saturated carbocycles. The zero-order chi connectivity index (χ0) is 21.3. The highest BCUT2D eigenvalue weighted by molar-refractivity contribution is 5.75. The lowest BCUT2D eigenvalue weighted by Crippen LogP contribution is -2.46. The van der Waals surface area contributed by atoms with E-state index in [1.807, 2.05) is 13.8 Å². The molecule has 0 amide bonds. The van der Waals surface area contributed by atoms with Crippen LogP contribution in [0.3, 0.4) is 0 Å². The lowest BCUT2D eigenvalue weighted by Gasteiger charge is -2.32. The van der Waals surface area contributed by atoms with Crippen LogP contribution in [0.1, 0.15) is 30.7 Å². The summed E-state index contributed by atoms with van der Waals surface area (Å²) >= 11 is 0. The van der Waals surface area contributed by atoms with Crippen molar-refractivity contribution in [3.8, 4) is 0 Å². The van der Waals surface area contributed by atoms with E-state index in [-0.39, 0.29) is 12.0 Å². The van der Waals surface area contributed by atoms with Gasteiger partial charge in [0.2, 0.25) is 0 Å². The summed E-state index contributed by atoms with van der Waals surface area (Å²) in [5, 5.41) is 0. The Bertz CT molecular complexity index is 798. The SMILES string of the molecule is CCOC(=O)[C@H](C)N(CCN1CCOCC1)Cc1cccn1Cc1cccc(C)c1. The molecular weight excluding hydrogens is 378 g/mol. The molecule has 1 atom stereocenters. The van der Waals surface area contributed by atoms with Crippen molar-refractivity contribution in [3.05, 3.63) is 59.4 Å². The first-order chi connectivity index (χ1) is 14.6. The standard InChI is InChI=1S/C24H35N3O3/c1-4-30-24(28)21(3)26(12-11-25-13-15-29-16-14-25)19-23-9-6-10-27(23)18-22-8-5-7-20(2)17-22/h5-10,17,21H,4,11-16,18-19H2,1-3H3/t21-/m0/s1. The van der Waals surface area contributed by atoms with Crippen LogP contribution in [0.2, 0.25) is 0 Å². The van der Waals surface area contributed by atoms with Gasteiger partial charge >= 0.3 is 5.97 Å². The number of benzene rings is 1. The molecule has 6 heteroatoms. The molecule has 1 aliphatic heterocycles. The second-order valence-corrected chi connectivity index (χ2v) is 7.97. The van der Waals surface area contributed by atoms with Gasteiger partial charge in [-0.1, -0.05) is 29.8 Å². The molecular formula is C24H35N3O3. The molecule has 0 bridgehead atoms. The molecule has 1 fully saturated rings. The number of aromatic nitrogens is 1. The minimum atomic E-state index is -0.284. The van der Waals surface area contributed by atoms with Crippen LogP contribution in [0.25, 0.3) is 0 Å². The summed E-state index contributed by atoms with van der Waals surface area (Å²) in [6, 6.07) is 12.6. The molecule has 0 aliphatic carbocycles. The summed E-state index contributed by atoms with van der Waals surface area (Å²) in [7, 11) is 0. The summed E-state index contributed by atoms with van der Waals surface area (Å²) in [6.07, 6.45) is 2.12. The number of ether oxygens (including phenoxy) is 2. The average molecular weight is 414 g/mol. The highest BCUT2D eigenvalue weighted by Crippen LogP contribution is 2.14. The maximum absolute atomic E-state index is 12.5. The maximum atomic E-state index is 12.5. The van der Waals surface area contributed by atoms with Crippen molar-refractivity contribution in [1.82, 2.24) is 14.4 Å². The van der Waals surface area contributed by atoms with Crippen LogP contribution in [-0.4, -0.2) is 72.4 Å². The van der Waals surface area contributed by atoms with Gasteiger partial charge in [0.1, 0.15) is 6.04 Å². The molecule has 1 aromatic heterocycles.